The number of carbonyl (C=O) groups is 1. The topological polar surface area (TPSA) is 130 Å². The average Bonchev–Trinajstić information content (AvgIpc) is 2.94. The number of aryl methyl sites for hydroxylation is 1. The number of carbonyl (C=O) groups excluding carboxylic acids is 1. The minimum Gasteiger partial charge on any atom is -0.448 e. The van der Waals surface area contributed by atoms with Crippen LogP contribution in [-0.4, -0.2) is 57.3 Å². The molecule has 0 spiro atoms. The molecule has 0 radical (unpaired) electrons. The lowest BCUT2D eigenvalue weighted by molar-refractivity contribution is -0.137. The fourth-order valence-electron chi connectivity index (χ4n) is 5.24. The van der Waals surface area contributed by atoms with Crippen molar-refractivity contribution in [3.8, 4) is 6.07 Å². The lowest BCUT2D eigenvalue weighted by Crippen LogP contribution is -2.60. The number of amides is 1. The van der Waals surface area contributed by atoms with Crippen molar-refractivity contribution in [3.05, 3.63) is 63.7 Å². The molecule has 10 nitrogen and oxygen atoms in total. The number of fused-ring (bicyclic) bond motifs is 1. The molecule has 1 aromatic carbocycles. The molecule has 212 valence electrons. The second kappa shape index (κ2) is 11.5. The van der Waals surface area contributed by atoms with Crippen molar-refractivity contribution in [2.45, 2.75) is 51.0 Å². The van der Waals surface area contributed by atoms with E-state index in [1.54, 1.807) is 19.2 Å². The number of rotatable bonds is 7. The van der Waals surface area contributed by atoms with Crippen LogP contribution in [0, 0.1) is 11.3 Å². The molecular weight excluding hydrogens is 527 g/mol. The number of pyridine rings is 1. The maximum absolute atomic E-state index is 13.2. The summed E-state index contributed by atoms with van der Waals surface area (Å²) < 4.78 is 46.2. The van der Waals surface area contributed by atoms with E-state index in [9.17, 15) is 28.0 Å². The Morgan fingerprint density at radius 1 is 1.12 bits per heavy atom. The van der Waals surface area contributed by atoms with E-state index in [0.717, 1.165) is 12.1 Å². The van der Waals surface area contributed by atoms with Crippen molar-refractivity contribution in [2.75, 3.05) is 24.6 Å². The molecule has 40 heavy (non-hydrogen) atoms. The Kier molecular flexibility index (Phi) is 8.29. The Morgan fingerprint density at radius 2 is 1.80 bits per heavy atom. The summed E-state index contributed by atoms with van der Waals surface area (Å²) in [4.78, 5) is 37.2. The second-order valence-corrected chi connectivity index (χ2v) is 9.69. The van der Waals surface area contributed by atoms with Crippen molar-refractivity contribution in [1.82, 2.24) is 19.4 Å². The Hall–Kier alpha value is -4.18. The molecule has 4 rings (SSSR count). The van der Waals surface area contributed by atoms with E-state index in [-0.39, 0.29) is 24.4 Å². The molecule has 3 aromatic rings. The van der Waals surface area contributed by atoms with Gasteiger partial charge in [0.15, 0.2) is 5.82 Å². The molecule has 2 aromatic heterocycles. The predicted octanol–water partition coefficient (Wildman–Crippen LogP) is 3.73. The normalized spacial score (nSPS) is 18.9. The van der Waals surface area contributed by atoms with Crippen LogP contribution in [0.1, 0.15) is 49.6 Å². The Morgan fingerprint density at radius 3 is 2.38 bits per heavy atom. The van der Waals surface area contributed by atoms with Crippen LogP contribution in [0.2, 0.25) is 0 Å². The first kappa shape index (κ1) is 28.8. The van der Waals surface area contributed by atoms with Crippen LogP contribution in [0.4, 0.5) is 23.8 Å². The van der Waals surface area contributed by atoms with Crippen LogP contribution in [0.5, 0.6) is 0 Å². The third-order valence-electron chi connectivity index (χ3n) is 7.41. The highest BCUT2D eigenvalue weighted by Gasteiger charge is 2.39. The fraction of sp³-hybridized carbons (Fsp3) is 0.444. The molecule has 13 heteroatoms. The van der Waals surface area contributed by atoms with Crippen LogP contribution in [0.15, 0.2) is 41.2 Å². The lowest BCUT2D eigenvalue weighted by atomic mass is 9.96. The Balaban J connectivity index is 1.76. The number of alkyl halides is 3. The monoisotopic (exact) mass is 557 g/mol. The first-order valence-corrected chi connectivity index (χ1v) is 12.9. The van der Waals surface area contributed by atoms with Crippen LogP contribution < -0.4 is 16.3 Å². The van der Waals surface area contributed by atoms with Crippen molar-refractivity contribution in [3.63, 3.8) is 0 Å². The molecule has 1 unspecified atom stereocenters. The van der Waals surface area contributed by atoms with Gasteiger partial charge in [0, 0.05) is 32.2 Å². The van der Waals surface area contributed by atoms with Gasteiger partial charge in [0.25, 0.3) is 0 Å². The minimum absolute atomic E-state index is 0.145. The van der Waals surface area contributed by atoms with Crippen LogP contribution in [0.25, 0.3) is 11.0 Å². The molecular formula is C27H30F3N7O3. The number of aromatic nitrogens is 3. The number of benzene rings is 1. The Labute approximate surface area is 228 Å². The summed E-state index contributed by atoms with van der Waals surface area (Å²) in [5, 5.41) is 9.43. The summed E-state index contributed by atoms with van der Waals surface area (Å²) in [6.07, 6.45) is -4.18. The molecule has 1 aliphatic rings. The molecule has 0 saturated carbocycles. The van der Waals surface area contributed by atoms with Gasteiger partial charge in [-0.05, 0) is 42.7 Å². The van der Waals surface area contributed by atoms with E-state index in [1.807, 2.05) is 24.8 Å². The maximum Gasteiger partial charge on any atom is 0.416 e. The minimum atomic E-state index is -4.48. The van der Waals surface area contributed by atoms with E-state index in [4.69, 9.17) is 10.5 Å². The van der Waals surface area contributed by atoms with Gasteiger partial charge < -0.3 is 15.4 Å². The van der Waals surface area contributed by atoms with E-state index < -0.39 is 29.6 Å². The highest BCUT2D eigenvalue weighted by molar-refractivity contribution is 5.86. The second-order valence-electron chi connectivity index (χ2n) is 9.69. The van der Waals surface area contributed by atoms with Crippen molar-refractivity contribution in [1.29, 1.82) is 5.26 Å². The zero-order valence-corrected chi connectivity index (χ0v) is 22.4. The lowest BCUT2D eigenvalue weighted by Gasteiger charge is -2.49. The van der Waals surface area contributed by atoms with Crippen molar-refractivity contribution >= 4 is 22.9 Å². The molecule has 2 N–H and O–H groups in total. The number of nitrogens with zero attached hydrogens (tertiary/aromatic N) is 6. The number of nitriles is 1. The number of anilines is 1. The standard InChI is InChI=1S/C27H30F3N7O3/c1-4-19-14-37(24-23-21(35(3)26(39)34-24)11-10-18(12-31)33-23)20(5-2)13-36(19)22(15-40-25(32)38)16-6-8-17(9-7-16)27(28,29)30/h6-11,19-20,22H,4-5,13-15H2,1-3H3,(H2,32,38)/t19-,20+,22?/m1/s1. The van der Waals surface area contributed by atoms with Gasteiger partial charge >= 0.3 is 18.0 Å². The third-order valence-corrected chi connectivity index (χ3v) is 7.41. The van der Waals surface area contributed by atoms with Gasteiger partial charge in [0.05, 0.1) is 17.1 Å². The summed E-state index contributed by atoms with van der Waals surface area (Å²) in [6.45, 7) is 4.65. The number of hydrogen-bond acceptors (Lipinski definition) is 8. The van der Waals surface area contributed by atoms with Gasteiger partial charge in [-0.25, -0.2) is 14.6 Å². The predicted molar refractivity (Wildman–Crippen MR) is 141 cm³/mol. The molecule has 1 amide bonds. The van der Waals surface area contributed by atoms with E-state index in [1.165, 1.54) is 16.7 Å². The van der Waals surface area contributed by atoms with Gasteiger partial charge in [0.2, 0.25) is 0 Å². The summed E-state index contributed by atoms with van der Waals surface area (Å²) >= 11 is 0. The van der Waals surface area contributed by atoms with Gasteiger partial charge in [-0.3, -0.25) is 9.47 Å². The van der Waals surface area contributed by atoms with Crippen LogP contribution >= 0.6 is 0 Å². The number of piperazine rings is 1. The molecule has 1 aliphatic heterocycles. The highest BCUT2D eigenvalue weighted by atomic mass is 19.4. The van der Waals surface area contributed by atoms with Crippen molar-refractivity contribution in [2.24, 2.45) is 12.8 Å². The number of nitrogens with two attached hydrogens (primary N) is 1. The maximum atomic E-state index is 13.2. The average molecular weight is 558 g/mol. The first-order valence-electron chi connectivity index (χ1n) is 12.9. The number of hydrogen-bond donors (Lipinski definition) is 1. The zero-order valence-electron chi connectivity index (χ0n) is 22.4. The molecule has 0 bridgehead atoms. The van der Waals surface area contributed by atoms with Gasteiger partial charge in [-0.1, -0.05) is 26.0 Å². The molecule has 1 saturated heterocycles. The van der Waals surface area contributed by atoms with E-state index in [2.05, 4.69) is 14.9 Å². The fourth-order valence-corrected chi connectivity index (χ4v) is 5.24. The largest absolute Gasteiger partial charge is 0.448 e. The van der Waals surface area contributed by atoms with E-state index in [0.29, 0.717) is 48.3 Å². The molecule has 3 heterocycles. The summed E-state index contributed by atoms with van der Waals surface area (Å²) in [6, 6.07) is 9.14. The van der Waals surface area contributed by atoms with Crippen LogP contribution in [-0.2, 0) is 18.0 Å². The molecule has 3 atom stereocenters. The number of ether oxygens (including phenoxy) is 1. The summed E-state index contributed by atoms with van der Waals surface area (Å²) in [5.41, 5.74) is 5.72. The van der Waals surface area contributed by atoms with Crippen LogP contribution in [0.3, 0.4) is 0 Å². The summed E-state index contributed by atoms with van der Waals surface area (Å²) in [7, 11) is 1.59. The smallest absolute Gasteiger partial charge is 0.416 e. The first-order chi connectivity index (χ1) is 19.0. The molecule has 1 fully saturated rings. The number of halogens is 3. The highest BCUT2D eigenvalue weighted by Crippen LogP contribution is 2.35. The quantitative estimate of drug-likeness (QED) is 0.465. The van der Waals surface area contributed by atoms with Gasteiger partial charge in [0.1, 0.15) is 23.9 Å². The Bertz CT molecular complexity index is 1480. The summed E-state index contributed by atoms with van der Waals surface area (Å²) in [5.74, 6) is 0.375. The zero-order chi connectivity index (χ0) is 29.2. The van der Waals surface area contributed by atoms with Gasteiger partial charge in [-0.2, -0.15) is 23.4 Å². The SMILES string of the molecule is CC[C@H]1CN(C(COC(N)=O)c2ccc(C(F)(F)F)cc2)[C@H](CC)CN1c1nc(=O)n(C)c2ccc(C#N)nc12. The van der Waals surface area contributed by atoms with Crippen molar-refractivity contribution < 1.29 is 22.7 Å². The number of primary amides is 1. The third kappa shape index (κ3) is 5.72. The van der Waals surface area contributed by atoms with E-state index >= 15 is 0 Å². The molecule has 0 aliphatic carbocycles. The van der Waals surface area contributed by atoms with Gasteiger partial charge in [-0.15, -0.1) is 0 Å².